The SMILES string of the molecule is Cc1cc(=O)[nH]cc1C(=O)N1CCC2(CCN(C(=O)C(C)(C)Cc3cn[nH]n3)C2)C1. The second-order valence-corrected chi connectivity index (χ2v) is 9.37. The number of hydrogen-bond acceptors (Lipinski definition) is 5. The molecule has 4 rings (SSSR count). The maximum Gasteiger partial charge on any atom is 0.255 e. The zero-order valence-corrected chi connectivity index (χ0v) is 17.7. The topological polar surface area (TPSA) is 115 Å². The van der Waals surface area contributed by atoms with Gasteiger partial charge in [-0.1, -0.05) is 13.8 Å². The lowest BCUT2D eigenvalue weighted by molar-refractivity contribution is -0.139. The minimum absolute atomic E-state index is 0.0502. The average molecular weight is 412 g/mol. The Balaban J connectivity index is 1.42. The summed E-state index contributed by atoms with van der Waals surface area (Å²) in [6.45, 7) is 8.35. The van der Waals surface area contributed by atoms with E-state index in [9.17, 15) is 14.4 Å². The number of likely N-dealkylation sites (tertiary alicyclic amines) is 2. The number of carbonyl (C=O) groups is 2. The maximum absolute atomic E-state index is 13.2. The third kappa shape index (κ3) is 3.76. The summed E-state index contributed by atoms with van der Waals surface area (Å²) in [4.78, 5) is 44.0. The molecule has 0 radical (unpaired) electrons. The summed E-state index contributed by atoms with van der Waals surface area (Å²) in [5, 5.41) is 10.5. The van der Waals surface area contributed by atoms with E-state index in [1.54, 1.807) is 13.1 Å². The van der Waals surface area contributed by atoms with Gasteiger partial charge >= 0.3 is 0 Å². The van der Waals surface area contributed by atoms with E-state index in [4.69, 9.17) is 0 Å². The van der Waals surface area contributed by atoms with E-state index >= 15 is 0 Å². The Morgan fingerprint density at radius 1 is 1.20 bits per heavy atom. The van der Waals surface area contributed by atoms with Gasteiger partial charge in [-0.15, -0.1) is 0 Å². The van der Waals surface area contributed by atoms with Crippen LogP contribution >= 0.6 is 0 Å². The molecule has 1 unspecified atom stereocenters. The normalized spacial score (nSPS) is 21.6. The van der Waals surface area contributed by atoms with Gasteiger partial charge in [0.05, 0.1) is 17.5 Å². The van der Waals surface area contributed by atoms with E-state index in [-0.39, 0.29) is 22.8 Å². The maximum atomic E-state index is 13.2. The molecule has 2 aliphatic rings. The summed E-state index contributed by atoms with van der Waals surface area (Å²) in [7, 11) is 0. The summed E-state index contributed by atoms with van der Waals surface area (Å²) < 4.78 is 0. The molecule has 2 aliphatic heterocycles. The zero-order chi connectivity index (χ0) is 21.5. The molecule has 4 heterocycles. The van der Waals surface area contributed by atoms with Crippen molar-refractivity contribution in [2.75, 3.05) is 26.2 Å². The lowest BCUT2D eigenvalue weighted by atomic mass is 9.85. The van der Waals surface area contributed by atoms with Crippen molar-refractivity contribution < 1.29 is 9.59 Å². The molecule has 1 spiro atoms. The number of amides is 2. The summed E-state index contributed by atoms with van der Waals surface area (Å²) in [6.07, 6.45) is 5.46. The minimum Gasteiger partial charge on any atom is -0.342 e. The highest BCUT2D eigenvalue weighted by Gasteiger charge is 2.48. The number of hydrogen-bond donors (Lipinski definition) is 2. The van der Waals surface area contributed by atoms with E-state index in [0.717, 1.165) is 18.5 Å². The Morgan fingerprint density at radius 2 is 1.90 bits per heavy atom. The molecule has 0 saturated carbocycles. The molecule has 1 atom stereocenters. The molecule has 0 aromatic carbocycles. The Kier molecular flexibility index (Phi) is 4.99. The van der Waals surface area contributed by atoms with E-state index in [0.29, 0.717) is 43.7 Å². The number of aryl methyl sites for hydroxylation is 1. The average Bonchev–Trinajstić information content (AvgIpc) is 3.43. The van der Waals surface area contributed by atoms with Crippen molar-refractivity contribution in [1.82, 2.24) is 30.2 Å². The van der Waals surface area contributed by atoms with Gasteiger partial charge in [-0.3, -0.25) is 14.4 Å². The van der Waals surface area contributed by atoms with Crippen LogP contribution in [0.15, 0.2) is 23.3 Å². The first-order valence-corrected chi connectivity index (χ1v) is 10.3. The molecule has 9 nitrogen and oxygen atoms in total. The number of carbonyl (C=O) groups excluding carboxylic acids is 2. The second kappa shape index (κ2) is 7.37. The molecular formula is C21H28N6O3. The lowest BCUT2D eigenvalue weighted by Crippen LogP contribution is -2.42. The highest BCUT2D eigenvalue weighted by Crippen LogP contribution is 2.41. The van der Waals surface area contributed by atoms with Gasteiger partial charge in [-0.2, -0.15) is 15.4 Å². The molecule has 0 bridgehead atoms. The Bertz CT molecular complexity index is 1010. The summed E-state index contributed by atoms with van der Waals surface area (Å²) >= 11 is 0. The smallest absolute Gasteiger partial charge is 0.255 e. The van der Waals surface area contributed by atoms with E-state index in [1.807, 2.05) is 23.6 Å². The van der Waals surface area contributed by atoms with E-state index in [2.05, 4.69) is 20.4 Å². The molecule has 2 N–H and O–H groups in total. The molecule has 0 aliphatic carbocycles. The van der Waals surface area contributed by atoms with Gasteiger partial charge in [0.2, 0.25) is 11.5 Å². The molecule has 2 fully saturated rings. The molecule has 160 valence electrons. The predicted octanol–water partition coefficient (Wildman–Crippen LogP) is 1.13. The molecular weight excluding hydrogens is 384 g/mol. The Morgan fingerprint density at radius 3 is 2.57 bits per heavy atom. The van der Waals surface area contributed by atoms with Crippen LogP contribution in [0.1, 0.15) is 48.3 Å². The minimum atomic E-state index is -0.566. The van der Waals surface area contributed by atoms with Crippen LogP contribution in [0.4, 0.5) is 0 Å². The van der Waals surface area contributed by atoms with Crippen molar-refractivity contribution in [3.63, 3.8) is 0 Å². The lowest BCUT2D eigenvalue weighted by Gasteiger charge is -2.30. The molecule has 9 heteroatoms. The monoisotopic (exact) mass is 412 g/mol. The number of rotatable bonds is 4. The highest BCUT2D eigenvalue weighted by molar-refractivity contribution is 5.95. The van der Waals surface area contributed by atoms with Crippen molar-refractivity contribution in [2.24, 2.45) is 10.8 Å². The van der Waals surface area contributed by atoms with Gasteiger partial charge < -0.3 is 14.8 Å². The first-order chi connectivity index (χ1) is 14.2. The molecule has 2 saturated heterocycles. The number of nitrogens with one attached hydrogen (secondary N) is 2. The molecule has 2 aromatic heterocycles. The standard InChI is InChI=1S/C21H28N6O3/c1-14-8-17(28)22-11-16(14)18(29)26-6-4-21(12-26)5-7-27(13-21)19(30)20(2,3)9-15-10-23-25-24-15/h8,10-11H,4-7,9,12-13H2,1-3H3,(H,22,28)(H,23,24,25). The fraction of sp³-hybridized carbons (Fsp3) is 0.571. The van der Waals surface area contributed by atoms with Crippen LogP contribution in [0.25, 0.3) is 0 Å². The number of nitrogens with zero attached hydrogens (tertiary/aromatic N) is 4. The van der Waals surface area contributed by atoms with Gasteiger partial charge in [0, 0.05) is 55.7 Å². The number of pyridine rings is 1. The summed E-state index contributed by atoms with van der Waals surface area (Å²) in [5.41, 5.74) is 1.17. The van der Waals surface area contributed by atoms with Crippen LogP contribution in [-0.4, -0.2) is 68.2 Å². The van der Waals surface area contributed by atoms with Crippen molar-refractivity contribution in [1.29, 1.82) is 0 Å². The van der Waals surface area contributed by atoms with Gasteiger partial charge in [-0.25, -0.2) is 0 Å². The molecule has 2 amide bonds. The van der Waals surface area contributed by atoms with Crippen LogP contribution in [0.2, 0.25) is 0 Å². The number of aromatic nitrogens is 4. The van der Waals surface area contributed by atoms with Gasteiger partial charge in [0.15, 0.2) is 0 Å². The fourth-order valence-electron chi connectivity index (χ4n) is 4.79. The fourth-order valence-corrected chi connectivity index (χ4v) is 4.79. The second-order valence-electron chi connectivity index (χ2n) is 9.37. The van der Waals surface area contributed by atoms with Crippen LogP contribution in [-0.2, 0) is 11.2 Å². The van der Waals surface area contributed by atoms with Gasteiger partial charge in [-0.05, 0) is 25.3 Å². The first kappa shape index (κ1) is 20.3. The van der Waals surface area contributed by atoms with E-state index < -0.39 is 5.41 Å². The van der Waals surface area contributed by atoms with Crippen molar-refractivity contribution in [3.05, 3.63) is 45.6 Å². The van der Waals surface area contributed by atoms with Crippen molar-refractivity contribution in [3.8, 4) is 0 Å². The number of aromatic amines is 2. The summed E-state index contributed by atoms with van der Waals surface area (Å²) in [5.74, 6) is 0.0559. The van der Waals surface area contributed by atoms with Crippen molar-refractivity contribution >= 4 is 11.8 Å². The highest BCUT2D eigenvalue weighted by atomic mass is 16.2. The van der Waals surface area contributed by atoms with Crippen LogP contribution < -0.4 is 5.56 Å². The Labute approximate surface area is 174 Å². The first-order valence-electron chi connectivity index (χ1n) is 10.3. The van der Waals surface area contributed by atoms with Gasteiger partial charge in [0.25, 0.3) is 5.91 Å². The van der Waals surface area contributed by atoms with Gasteiger partial charge in [0.1, 0.15) is 0 Å². The third-order valence-corrected chi connectivity index (χ3v) is 6.48. The predicted molar refractivity (Wildman–Crippen MR) is 110 cm³/mol. The number of H-pyrrole nitrogens is 2. The van der Waals surface area contributed by atoms with Crippen LogP contribution in [0.5, 0.6) is 0 Å². The largest absolute Gasteiger partial charge is 0.342 e. The van der Waals surface area contributed by atoms with E-state index in [1.165, 1.54) is 12.3 Å². The van der Waals surface area contributed by atoms with Crippen LogP contribution in [0, 0.1) is 17.8 Å². The molecule has 2 aromatic rings. The quantitative estimate of drug-likeness (QED) is 0.781. The molecule has 30 heavy (non-hydrogen) atoms. The summed E-state index contributed by atoms with van der Waals surface area (Å²) in [6, 6.07) is 1.45. The van der Waals surface area contributed by atoms with Crippen LogP contribution in [0.3, 0.4) is 0 Å². The zero-order valence-electron chi connectivity index (χ0n) is 17.7. The Hall–Kier alpha value is -2.97. The van der Waals surface area contributed by atoms with Crippen molar-refractivity contribution in [2.45, 2.75) is 40.0 Å². The third-order valence-electron chi connectivity index (χ3n) is 6.48.